The molecule has 0 aliphatic heterocycles. The Morgan fingerprint density at radius 3 is 2.86 bits per heavy atom. The number of hydrogen-bond acceptors (Lipinski definition) is 5. The number of nitrogens with zero attached hydrogens (tertiary/aromatic N) is 2. The van der Waals surface area contributed by atoms with E-state index in [0.717, 1.165) is 19.3 Å². The minimum Gasteiger partial charge on any atom is -0.481 e. The highest BCUT2D eigenvalue weighted by Gasteiger charge is 2.51. The Labute approximate surface area is 123 Å². The average molecular weight is 291 g/mol. The van der Waals surface area contributed by atoms with Crippen molar-refractivity contribution in [3.05, 3.63) is 12.4 Å². The molecule has 2 bridgehead atoms. The van der Waals surface area contributed by atoms with Gasteiger partial charge >= 0.3 is 5.97 Å². The van der Waals surface area contributed by atoms with Crippen LogP contribution in [0.15, 0.2) is 12.4 Å². The van der Waals surface area contributed by atoms with E-state index in [1.807, 2.05) is 13.8 Å². The quantitative estimate of drug-likeness (QED) is 0.865. The molecule has 2 saturated carbocycles. The maximum absolute atomic E-state index is 11.5. The van der Waals surface area contributed by atoms with Crippen molar-refractivity contribution < 1.29 is 14.6 Å². The molecule has 3 rings (SSSR count). The number of fused-ring (bicyclic) bond motifs is 2. The van der Waals surface area contributed by atoms with Gasteiger partial charge in [0.15, 0.2) is 0 Å². The fraction of sp³-hybridized carbons (Fsp3) is 0.667. The van der Waals surface area contributed by atoms with E-state index in [9.17, 15) is 9.90 Å². The van der Waals surface area contributed by atoms with Crippen LogP contribution in [0.3, 0.4) is 0 Å². The summed E-state index contributed by atoms with van der Waals surface area (Å²) in [7, 11) is 0. The highest BCUT2D eigenvalue weighted by atomic mass is 16.5. The fourth-order valence-corrected chi connectivity index (χ4v) is 3.75. The van der Waals surface area contributed by atoms with Crippen molar-refractivity contribution >= 4 is 11.8 Å². The van der Waals surface area contributed by atoms with Gasteiger partial charge in [0.25, 0.3) is 0 Å². The van der Waals surface area contributed by atoms with Crippen molar-refractivity contribution in [2.24, 2.45) is 17.8 Å². The number of nitrogens with one attached hydrogen (secondary N) is 1. The summed E-state index contributed by atoms with van der Waals surface area (Å²) >= 11 is 0. The number of aliphatic carboxylic acids is 1. The third-order valence-electron chi connectivity index (χ3n) is 4.51. The molecule has 6 heteroatoms. The Kier molecular flexibility index (Phi) is 3.69. The van der Waals surface area contributed by atoms with E-state index >= 15 is 0 Å². The Balaban J connectivity index is 1.75. The Morgan fingerprint density at radius 1 is 1.38 bits per heavy atom. The summed E-state index contributed by atoms with van der Waals surface area (Å²) in [5.41, 5.74) is 0. The molecule has 4 atom stereocenters. The highest BCUT2D eigenvalue weighted by molar-refractivity contribution is 5.73. The predicted molar refractivity (Wildman–Crippen MR) is 77.2 cm³/mol. The van der Waals surface area contributed by atoms with Crippen LogP contribution < -0.4 is 10.1 Å². The fourth-order valence-electron chi connectivity index (χ4n) is 3.75. The molecule has 2 fully saturated rings. The first-order chi connectivity index (χ1) is 10.0. The summed E-state index contributed by atoms with van der Waals surface area (Å²) in [5, 5.41) is 12.8. The van der Waals surface area contributed by atoms with Crippen LogP contribution in [0.4, 0.5) is 5.82 Å². The van der Waals surface area contributed by atoms with Crippen LogP contribution in [0.2, 0.25) is 0 Å². The molecule has 0 saturated heterocycles. The Morgan fingerprint density at radius 2 is 2.14 bits per heavy atom. The summed E-state index contributed by atoms with van der Waals surface area (Å²) in [6.07, 6.45) is 4.64. The summed E-state index contributed by atoms with van der Waals surface area (Å²) in [5.74, 6) is 0.876. The molecule has 2 aliphatic carbocycles. The molecule has 114 valence electrons. The summed E-state index contributed by atoms with van der Waals surface area (Å²) < 4.78 is 5.55. The molecule has 21 heavy (non-hydrogen) atoms. The molecule has 1 aromatic heterocycles. The maximum Gasteiger partial charge on any atom is 0.308 e. The van der Waals surface area contributed by atoms with Gasteiger partial charge in [-0.3, -0.25) is 4.79 Å². The van der Waals surface area contributed by atoms with Gasteiger partial charge in [-0.1, -0.05) is 0 Å². The third kappa shape index (κ3) is 2.80. The maximum atomic E-state index is 11.5. The van der Waals surface area contributed by atoms with Crippen molar-refractivity contribution in [2.75, 3.05) is 5.32 Å². The van der Waals surface area contributed by atoms with E-state index in [4.69, 9.17) is 4.74 Å². The van der Waals surface area contributed by atoms with Crippen molar-refractivity contribution in [1.82, 2.24) is 9.97 Å². The zero-order valence-electron chi connectivity index (χ0n) is 12.3. The predicted octanol–water partition coefficient (Wildman–Crippen LogP) is 2.17. The van der Waals surface area contributed by atoms with E-state index in [2.05, 4.69) is 15.3 Å². The standard InChI is InChI=1S/C15H21N3O3/c1-8(2)21-12-6-11(16-7-17-12)18-14-10-4-3-9(5-10)13(14)15(19)20/h6-10,13-14H,3-5H2,1-2H3,(H,19,20)(H,16,17,18). The van der Waals surface area contributed by atoms with E-state index in [1.165, 1.54) is 6.33 Å². The Bertz CT molecular complexity index is 535. The van der Waals surface area contributed by atoms with E-state index in [-0.39, 0.29) is 18.1 Å². The van der Waals surface area contributed by atoms with E-state index < -0.39 is 5.97 Å². The SMILES string of the molecule is CC(C)Oc1cc(NC2C3CCC(C3)C2C(=O)O)ncn1. The first-order valence-corrected chi connectivity index (χ1v) is 7.52. The third-order valence-corrected chi connectivity index (χ3v) is 4.51. The minimum absolute atomic E-state index is 0.0388. The van der Waals surface area contributed by atoms with Gasteiger partial charge in [-0.25, -0.2) is 9.97 Å². The number of hydrogen-bond donors (Lipinski definition) is 2. The lowest BCUT2D eigenvalue weighted by atomic mass is 9.84. The monoisotopic (exact) mass is 291 g/mol. The first-order valence-electron chi connectivity index (χ1n) is 7.52. The second kappa shape index (κ2) is 5.50. The number of aromatic nitrogens is 2. The smallest absolute Gasteiger partial charge is 0.308 e. The van der Waals surface area contributed by atoms with Crippen LogP contribution in [0.25, 0.3) is 0 Å². The topological polar surface area (TPSA) is 84.3 Å². The van der Waals surface area contributed by atoms with Crippen LogP contribution >= 0.6 is 0 Å². The lowest BCUT2D eigenvalue weighted by Gasteiger charge is -2.29. The van der Waals surface area contributed by atoms with Gasteiger partial charge in [0.05, 0.1) is 12.0 Å². The van der Waals surface area contributed by atoms with Gasteiger partial charge in [-0.15, -0.1) is 0 Å². The molecule has 6 nitrogen and oxygen atoms in total. The van der Waals surface area contributed by atoms with Crippen LogP contribution in [0, 0.1) is 17.8 Å². The molecular formula is C15H21N3O3. The second-order valence-electron chi connectivity index (χ2n) is 6.28. The molecule has 0 radical (unpaired) electrons. The lowest BCUT2D eigenvalue weighted by Crippen LogP contribution is -2.39. The number of ether oxygens (including phenoxy) is 1. The van der Waals surface area contributed by atoms with Crippen molar-refractivity contribution in [1.29, 1.82) is 0 Å². The molecule has 2 aliphatic rings. The number of carboxylic acids is 1. The van der Waals surface area contributed by atoms with Gasteiger partial charge in [0.1, 0.15) is 12.1 Å². The Hall–Kier alpha value is -1.85. The van der Waals surface area contributed by atoms with Gasteiger partial charge in [-0.05, 0) is 44.9 Å². The van der Waals surface area contributed by atoms with Crippen LogP contribution in [-0.2, 0) is 4.79 Å². The normalized spacial score (nSPS) is 30.6. The van der Waals surface area contributed by atoms with Gasteiger partial charge in [0, 0.05) is 12.1 Å². The van der Waals surface area contributed by atoms with E-state index in [0.29, 0.717) is 23.5 Å². The molecular weight excluding hydrogens is 270 g/mol. The molecule has 1 heterocycles. The number of carbonyl (C=O) groups is 1. The molecule has 1 aromatic rings. The molecule has 0 aromatic carbocycles. The second-order valence-corrected chi connectivity index (χ2v) is 6.28. The molecule has 2 N–H and O–H groups in total. The van der Waals surface area contributed by atoms with Gasteiger partial charge < -0.3 is 15.2 Å². The zero-order chi connectivity index (χ0) is 15.0. The van der Waals surface area contributed by atoms with Crippen LogP contribution in [-0.4, -0.2) is 33.2 Å². The summed E-state index contributed by atoms with van der Waals surface area (Å²) in [6.45, 7) is 3.87. The zero-order valence-corrected chi connectivity index (χ0v) is 12.3. The van der Waals surface area contributed by atoms with Crippen molar-refractivity contribution in [3.63, 3.8) is 0 Å². The van der Waals surface area contributed by atoms with E-state index in [1.54, 1.807) is 6.07 Å². The highest BCUT2D eigenvalue weighted by Crippen LogP contribution is 2.49. The first kappa shape index (κ1) is 14.1. The average Bonchev–Trinajstić information content (AvgIpc) is 2.98. The molecule has 0 amide bonds. The summed E-state index contributed by atoms with van der Waals surface area (Å²) in [4.78, 5) is 19.8. The van der Waals surface area contributed by atoms with Gasteiger partial charge in [0.2, 0.25) is 5.88 Å². The minimum atomic E-state index is -0.701. The number of carboxylic acid groups (broad SMARTS) is 1. The van der Waals surface area contributed by atoms with Crippen LogP contribution in [0.1, 0.15) is 33.1 Å². The lowest BCUT2D eigenvalue weighted by molar-refractivity contribution is -0.143. The summed E-state index contributed by atoms with van der Waals surface area (Å²) in [6, 6.07) is 1.70. The van der Waals surface area contributed by atoms with Crippen molar-refractivity contribution in [3.8, 4) is 5.88 Å². The number of anilines is 1. The van der Waals surface area contributed by atoms with Gasteiger partial charge in [-0.2, -0.15) is 0 Å². The largest absolute Gasteiger partial charge is 0.481 e. The van der Waals surface area contributed by atoms with Crippen LogP contribution in [0.5, 0.6) is 5.88 Å². The number of rotatable bonds is 5. The molecule has 4 unspecified atom stereocenters. The van der Waals surface area contributed by atoms with Crippen molar-refractivity contribution in [2.45, 2.75) is 45.3 Å². The molecule has 0 spiro atoms.